The molecule has 1 aliphatic carbocycles. The minimum atomic E-state index is -0.0645. The number of nitrogens with zero attached hydrogens (tertiary/aromatic N) is 1. The average Bonchev–Trinajstić information content (AvgIpc) is 2.50. The number of aliphatic hydroxyl groups excluding tert-OH is 1. The fraction of sp³-hybridized carbons (Fsp3) is 0.941. The summed E-state index contributed by atoms with van der Waals surface area (Å²) in [6, 6.07) is 0. The zero-order valence-electron chi connectivity index (χ0n) is 13.4. The van der Waals surface area contributed by atoms with Crippen LogP contribution in [0.3, 0.4) is 0 Å². The Morgan fingerprint density at radius 1 is 1.10 bits per heavy atom. The highest BCUT2D eigenvalue weighted by atomic mass is 16.3. The van der Waals surface area contributed by atoms with Crippen LogP contribution in [0.4, 0.5) is 0 Å². The highest BCUT2D eigenvalue weighted by molar-refractivity contribution is 5.76. The predicted octanol–water partition coefficient (Wildman–Crippen LogP) is 3.75. The highest BCUT2D eigenvalue weighted by Crippen LogP contribution is 2.25. The SMILES string of the molecule is CC(O)C1CCCCC1.CCCC(=O)N1CCCCC1. The van der Waals surface area contributed by atoms with Crippen LogP contribution in [0.15, 0.2) is 0 Å². The van der Waals surface area contributed by atoms with Crippen molar-refractivity contribution in [3.63, 3.8) is 0 Å². The number of aliphatic hydroxyl groups is 1. The fourth-order valence-corrected chi connectivity index (χ4v) is 3.13. The second-order valence-corrected chi connectivity index (χ2v) is 6.33. The molecule has 2 fully saturated rings. The quantitative estimate of drug-likeness (QED) is 0.857. The molecule has 1 N–H and O–H groups in total. The summed E-state index contributed by atoms with van der Waals surface area (Å²) in [7, 11) is 0. The highest BCUT2D eigenvalue weighted by Gasteiger charge is 2.17. The van der Waals surface area contributed by atoms with Crippen LogP contribution in [0.2, 0.25) is 0 Å². The molecule has 118 valence electrons. The van der Waals surface area contributed by atoms with Crippen molar-refractivity contribution in [1.29, 1.82) is 0 Å². The summed E-state index contributed by atoms with van der Waals surface area (Å²) in [5, 5.41) is 9.18. The molecule has 1 unspecified atom stereocenters. The first kappa shape index (κ1) is 17.5. The van der Waals surface area contributed by atoms with Gasteiger partial charge in [0.2, 0.25) is 5.91 Å². The van der Waals surface area contributed by atoms with Crippen LogP contribution in [0.25, 0.3) is 0 Å². The van der Waals surface area contributed by atoms with Crippen molar-refractivity contribution in [2.24, 2.45) is 5.92 Å². The molecule has 1 saturated carbocycles. The van der Waals surface area contributed by atoms with Crippen molar-refractivity contribution in [2.75, 3.05) is 13.1 Å². The van der Waals surface area contributed by atoms with Gasteiger partial charge >= 0.3 is 0 Å². The molecule has 3 heteroatoms. The molecule has 2 rings (SSSR count). The van der Waals surface area contributed by atoms with Gasteiger partial charge in [0, 0.05) is 19.5 Å². The van der Waals surface area contributed by atoms with Crippen molar-refractivity contribution < 1.29 is 9.90 Å². The maximum Gasteiger partial charge on any atom is 0.222 e. The van der Waals surface area contributed by atoms with E-state index in [4.69, 9.17) is 0 Å². The summed E-state index contributed by atoms with van der Waals surface area (Å²) in [5.74, 6) is 0.964. The molecule has 20 heavy (non-hydrogen) atoms. The summed E-state index contributed by atoms with van der Waals surface area (Å²) >= 11 is 0. The largest absolute Gasteiger partial charge is 0.393 e. The topological polar surface area (TPSA) is 40.5 Å². The monoisotopic (exact) mass is 283 g/mol. The second kappa shape index (κ2) is 10.2. The normalized spacial score (nSPS) is 21.9. The van der Waals surface area contributed by atoms with Gasteiger partial charge < -0.3 is 10.0 Å². The number of likely N-dealkylation sites (tertiary alicyclic amines) is 1. The van der Waals surface area contributed by atoms with E-state index in [-0.39, 0.29) is 6.10 Å². The molecule has 0 radical (unpaired) electrons. The molecule has 0 aromatic heterocycles. The summed E-state index contributed by atoms with van der Waals surface area (Å²) < 4.78 is 0. The number of hydrogen-bond donors (Lipinski definition) is 1. The molecule has 0 aromatic rings. The Balaban J connectivity index is 0.000000204. The average molecular weight is 283 g/mol. The van der Waals surface area contributed by atoms with Crippen LogP contribution >= 0.6 is 0 Å². The second-order valence-electron chi connectivity index (χ2n) is 6.33. The Morgan fingerprint density at radius 2 is 1.65 bits per heavy atom. The molecular formula is C17H33NO2. The van der Waals surface area contributed by atoms with Crippen LogP contribution in [-0.2, 0) is 4.79 Å². The Bertz CT molecular complexity index is 254. The third-order valence-electron chi connectivity index (χ3n) is 4.50. The Hall–Kier alpha value is -0.570. The van der Waals surface area contributed by atoms with Gasteiger partial charge in [0.05, 0.1) is 6.10 Å². The van der Waals surface area contributed by atoms with Crippen molar-refractivity contribution in [2.45, 2.75) is 84.2 Å². The Labute approximate surface area is 124 Å². The van der Waals surface area contributed by atoms with Crippen LogP contribution in [-0.4, -0.2) is 35.1 Å². The third-order valence-corrected chi connectivity index (χ3v) is 4.50. The molecule has 1 saturated heterocycles. The zero-order valence-corrected chi connectivity index (χ0v) is 13.4. The minimum absolute atomic E-state index is 0.0645. The van der Waals surface area contributed by atoms with E-state index in [1.165, 1.54) is 51.4 Å². The summed E-state index contributed by atoms with van der Waals surface area (Å²) in [6.07, 6.45) is 11.9. The van der Waals surface area contributed by atoms with E-state index in [0.29, 0.717) is 11.8 Å². The van der Waals surface area contributed by atoms with Crippen LogP contribution in [0, 0.1) is 5.92 Å². The number of amides is 1. The minimum Gasteiger partial charge on any atom is -0.393 e. The molecule has 1 atom stereocenters. The van der Waals surface area contributed by atoms with Crippen molar-refractivity contribution in [3.05, 3.63) is 0 Å². The van der Waals surface area contributed by atoms with Gasteiger partial charge in [-0.2, -0.15) is 0 Å². The van der Waals surface area contributed by atoms with E-state index in [0.717, 1.165) is 25.9 Å². The van der Waals surface area contributed by atoms with Crippen molar-refractivity contribution in [1.82, 2.24) is 4.90 Å². The molecule has 0 spiro atoms. The van der Waals surface area contributed by atoms with E-state index in [1.807, 2.05) is 11.8 Å². The van der Waals surface area contributed by atoms with Gasteiger partial charge in [0.1, 0.15) is 0 Å². The van der Waals surface area contributed by atoms with Crippen LogP contribution in [0.5, 0.6) is 0 Å². The summed E-state index contributed by atoms with van der Waals surface area (Å²) in [5.41, 5.74) is 0. The molecular weight excluding hydrogens is 250 g/mol. The summed E-state index contributed by atoms with van der Waals surface area (Å²) in [6.45, 7) is 5.97. The first-order valence-corrected chi connectivity index (χ1v) is 8.61. The number of piperidine rings is 1. The Morgan fingerprint density at radius 3 is 2.10 bits per heavy atom. The van der Waals surface area contributed by atoms with Gasteiger partial charge in [-0.25, -0.2) is 0 Å². The molecule has 0 bridgehead atoms. The van der Waals surface area contributed by atoms with Gasteiger partial charge in [0.25, 0.3) is 0 Å². The predicted molar refractivity (Wildman–Crippen MR) is 83.6 cm³/mol. The first-order chi connectivity index (χ1) is 9.65. The van der Waals surface area contributed by atoms with Gasteiger partial charge in [-0.3, -0.25) is 4.79 Å². The first-order valence-electron chi connectivity index (χ1n) is 8.61. The van der Waals surface area contributed by atoms with E-state index < -0.39 is 0 Å². The number of rotatable bonds is 3. The number of carbonyl (C=O) groups excluding carboxylic acids is 1. The van der Waals surface area contributed by atoms with Gasteiger partial charge in [-0.1, -0.05) is 26.2 Å². The van der Waals surface area contributed by atoms with E-state index in [9.17, 15) is 9.90 Å². The van der Waals surface area contributed by atoms with Crippen molar-refractivity contribution >= 4 is 5.91 Å². The van der Waals surface area contributed by atoms with Gasteiger partial charge in [-0.15, -0.1) is 0 Å². The zero-order chi connectivity index (χ0) is 14.8. The van der Waals surface area contributed by atoms with E-state index in [2.05, 4.69) is 6.92 Å². The molecule has 1 amide bonds. The Kier molecular flexibility index (Phi) is 8.92. The van der Waals surface area contributed by atoms with E-state index >= 15 is 0 Å². The van der Waals surface area contributed by atoms with Gasteiger partial charge in [0.15, 0.2) is 0 Å². The molecule has 0 aromatic carbocycles. The lowest BCUT2D eigenvalue weighted by atomic mass is 9.86. The molecule has 3 nitrogen and oxygen atoms in total. The van der Waals surface area contributed by atoms with Crippen LogP contribution < -0.4 is 0 Å². The smallest absolute Gasteiger partial charge is 0.222 e. The number of hydrogen-bond acceptors (Lipinski definition) is 2. The lowest BCUT2D eigenvalue weighted by Gasteiger charge is -2.26. The maximum atomic E-state index is 11.3. The summed E-state index contributed by atoms with van der Waals surface area (Å²) in [4.78, 5) is 13.3. The molecule has 2 aliphatic rings. The maximum absolute atomic E-state index is 11.3. The van der Waals surface area contributed by atoms with Crippen molar-refractivity contribution in [3.8, 4) is 0 Å². The fourth-order valence-electron chi connectivity index (χ4n) is 3.13. The lowest BCUT2D eigenvalue weighted by molar-refractivity contribution is -0.132. The van der Waals surface area contributed by atoms with Crippen LogP contribution in [0.1, 0.15) is 78.1 Å². The number of carbonyl (C=O) groups is 1. The van der Waals surface area contributed by atoms with E-state index in [1.54, 1.807) is 0 Å². The molecule has 1 aliphatic heterocycles. The third kappa shape index (κ3) is 6.74. The molecule has 1 heterocycles. The van der Waals surface area contributed by atoms with Gasteiger partial charge in [-0.05, 0) is 51.4 Å². The lowest BCUT2D eigenvalue weighted by Crippen LogP contribution is -2.35. The standard InChI is InChI=1S/C9H17NO.C8H16O/c1-2-6-9(11)10-7-4-3-5-8-10;1-7(9)8-5-3-2-4-6-8/h2-8H2,1H3;7-9H,2-6H2,1H3.